The number of primary amides is 1. The number of likely N-dealkylation sites (tertiary alicyclic amines) is 1. The Kier molecular flexibility index (Phi) is 18.9. The summed E-state index contributed by atoms with van der Waals surface area (Å²) < 4.78 is 4.85. The number of hydrogen-bond donors (Lipinski definition) is 2. The lowest BCUT2D eigenvalue weighted by molar-refractivity contribution is 0.116. The summed E-state index contributed by atoms with van der Waals surface area (Å²) in [5, 5.41) is 3.09. The van der Waals surface area contributed by atoms with Gasteiger partial charge in [-0.1, -0.05) is 103 Å². The van der Waals surface area contributed by atoms with Gasteiger partial charge in [0, 0.05) is 25.6 Å². The van der Waals surface area contributed by atoms with Crippen LogP contribution in [0.4, 0.5) is 9.59 Å². The molecule has 1 saturated heterocycles. The summed E-state index contributed by atoms with van der Waals surface area (Å²) in [6.07, 6.45) is 24.7. The van der Waals surface area contributed by atoms with Crippen LogP contribution in [-0.4, -0.2) is 42.8 Å². The summed E-state index contributed by atoms with van der Waals surface area (Å²) in [4.78, 5) is 25.2. The molecule has 0 aliphatic carbocycles. The first kappa shape index (κ1) is 29.6. The minimum absolute atomic E-state index is 0.0275. The summed E-state index contributed by atoms with van der Waals surface area (Å²) in [5.41, 5.74) is 5.03. The molecular weight excluding hydrogens is 414 g/mol. The molecule has 194 valence electrons. The van der Waals surface area contributed by atoms with Gasteiger partial charge in [0.1, 0.15) is 0 Å². The zero-order valence-electron chi connectivity index (χ0n) is 21.6. The van der Waals surface area contributed by atoms with Crippen LogP contribution in [0.1, 0.15) is 135 Å². The minimum atomic E-state index is -0.745. The van der Waals surface area contributed by atoms with Crippen LogP contribution >= 0.6 is 0 Å². The predicted molar refractivity (Wildman–Crippen MR) is 137 cm³/mol. The molecule has 1 unspecified atom stereocenters. The standard InChI is InChI=1S/C27H53N3O3/c1-2-3-4-5-6-7-8-9-10-11-12-13-14-15-16-18-22-29-27(32)30-23-19-17-20-25(30)21-24-33-26(28)31/h25H,2-24H2,1H3,(H2,28,31)(H,29,32). The number of carbonyl (C=O) groups excluding carboxylic acids is 2. The Morgan fingerprint density at radius 1 is 0.818 bits per heavy atom. The maximum absolute atomic E-state index is 12.5. The van der Waals surface area contributed by atoms with Crippen molar-refractivity contribution in [3.05, 3.63) is 0 Å². The predicted octanol–water partition coefficient (Wildman–Crippen LogP) is 7.30. The van der Waals surface area contributed by atoms with Crippen molar-refractivity contribution in [1.82, 2.24) is 10.2 Å². The highest BCUT2D eigenvalue weighted by Crippen LogP contribution is 2.20. The molecule has 0 bridgehead atoms. The Hall–Kier alpha value is -1.46. The number of hydrogen-bond acceptors (Lipinski definition) is 3. The summed E-state index contributed by atoms with van der Waals surface area (Å²) in [6, 6.07) is 0.170. The molecule has 33 heavy (non-hydrogen) atoms. The van der Waals surface area contributed by atoms with Gasteiger partial charge < -0.3 is 20.7 Å². The van der Waals surface area contributed by atoms with E-state index in [0.717, 1.165) is 38.8 Å². The number of ether oxygens (including phenoxy) is 1. The molecule has 1 fully saturated rings. The maximum Gasteiger partial charge on any atom is 0.404 e. The van der Waals surface area contributed by atoms with Crippen LogP contribution in [-0.2, 0) is 4.74 Å². The first-order valence-corrected chi connectivity index (χ1v) is 14.1. The first-order chi connectivity index (χ1) is 16.1. The Labute approximate surface area is 203 Å². The van der Waals surface area contributed by atoms with Crippen LogP contribution in [0, 0.1) is 0 Å². The van der Waals surface area contributed by atoms with E-state index in [0.29, 0.717) is 6.42 Å². The van der Waals surface area contributed by atoms with E-state index in [-0.39, 0.29) is 18.7 Å². The second kappa shape index (κ2) is 21.1. The van der Waals surface area contributed by atoms with Crippen molar-refractivity contribution in [2.75, 3.05) is 19.7 Å². The van der Waals surface area contributed by atoms with Crippen molar-refractivity contribution in [3.63, 3.8) is 0 Å². The zero-order chi connectivity index (χ0) is 24.0. The number of urea groups is 1. The Morgan fingerprint density at radius 2 is 1.33 bits per heavy atom. The number of unbranched alkanes of at least 4 members (excludes halogenated alkanes) is 15. The van der Waals surface area contributed by atoms with Crippen LogP contribution in [0.15, 0.2) is 0 Å². The topological polar surface area (TPSA) is 84.7 Å². The molecule has 0 aromatic rings. The fraction of sp³-hybridized carbons (Fsp3) is 0.926. The van der Waals surface area contributed by atoms with Crippen LogP contribution < -0.4 is 11.1 Å². The fourth-order valence-electron chi connectivity index (χ4n) is 4.83. The molecule has 1 aliphatic rings. The third-order valence-electron chi connectivity index (χ3n) is 6.89. The van der Waals surface area contributed by atoms with Gasteiger partial charge in [-0.15, -0.1) is 0 Å². The van der Waals surface area contributed by atoms with Crippen LogP contribution in [0.3, 0.4) is 0 Å². The van der Waals surface area contributed by atoms with Crippen molar-refractivity contribution in [2.45, 2.75) is 141 Å². The molecule has 6 nitrogen and oxygen atoms in total. The van der Waals surface area contributed by atoms with Gasteiger partial charge in [0.15, 0.2) is 0 Å². The van der Waals surface area contributed by atoms with Crippen molar-refractivity contribution in [2.24, 2.45) is 5.73 Å². The number of amides is 3. The van der Waals surface area contributed by atoms with E-state index in [9.17, 15) is 9.59 Å². The molecule has 0 saturated carbocycles. The Bertz CT molecular complexity index is 487. The summed E-state index contributed by atoms with van der Waals surface area (Å²) in [5.74, 6) is 0. The largest absolute Gasteiger partial charge is 0.450 e. The van der Waals surface area contributed by atoms with E-state index in [4.69, 9.17) is 10.5 Å². The van der Waals surface area contributed by atoms with Crippen molar-refractivity contribution < 1.29 is 14.3 Å². The highest BCUT2D eigenvalue weighted by molar-refractivity contribution is 5.74. The highest BCUT2D eigenvalue weighted by atomic mass is 16.5. The molecule has 0 aromatic heterocycles. The third kappa shape index (κ3) is 16.7. The average Bonchev–Trinajstić information content (AvgIpc) is 2.81. The lowest BCUT2D eigenvalue weighted by Gasteiger charge is -2.35. The quantitative estimate of drug-likeness (QED) is 0.184. The average molecular weight is 468 g/mol. The van der Waals surface area contributed by atoms with Gasteiger partial charge in [-0.05, 0) is 25.7 Å². The normalized spacial score (nSPS) is 16.0. The van der Waals surface area contributed by atoms with E-state index < -0.39 is 6.09 Å². The molecule has 0 spiro atoms. The fourth-order valence-corrected chi connectivity index (χ4v) is 4.83. The molecule has 1 heterocycles. The SMILES string of the molecule is CCCCCCCCCCCCCCCCCCNC(=O)N1CCCCC1CCOC(N)=O. The number of nitrogens with zero attached hydrogens (tertiary/aromatic N) is 1. The Morgan fingerprint density at radius 3 is 1.85 bits per heavy atom. The van der Waals surface area contributed by atoms with Crippen LogP contribution in [0.2, 0.25) is 0 Å². The molecule has 6 heteroatoms. The van der Waals surface area contributed by atoms with Crippen molar-refractivity contribution in [1.29, 1.82) is 0 Å². The van der Waals surface area contributed by atoms with Crippen LogP contribution in [0.25, 0.3) is 0 Å². The minimum Gasteiger partial charge on any atom is -0.450 e. The van der Waals surface area contributed by atoms with Crippen molar-refractivity contribution >= 4 is 12.1 Å². The molecule has 0 aromatic carbocycles. The lowest BCUT2D eigenvalue weighted by Crippen LogP contribution is -2.49. The van der Waals surface area contributed by atoms with Gasteiger partial charge in [-0.25, -0.2) is 9.59 Å². The number of piperidine rings is 1. The number of carbonyl (C=O) groups is 2. The molecule has 0 radical (unpaired) electrons. The van der Waals surface area contributed by atoms with Gasteiger partial charge >= 0.3 is 12.1 Å². The van der Waals surface area contributed by atoms with Gasteiger partial charge in [-0.3, -0.25) is 0 Å². The molecule has 3 N–H and O–H groups in total. The second-order valence-electron chi connectivity index (χ2n) is 9.83. The van der Waals surface area contributed by atoms with Gasteiger partial charge in [0.2, 0.25) is 0 Å². The van der Waals surface area contributed by atoms with Gasteiger partial charge in [0.25, 0.3) is 0 Å². The maximum atomic E-state index is 12.5. The highest BCUT2D eigenvalue weighted by Gasteiger charge is 2.26. The number of rotatable bonds is 20. The lowest BCUT2D eigenvalue weighted by atomic mass is 10.00. The summed E-state index contributed by atoms with van der Waals surface area (Å²) in [6.45, 7) is 4.09. The zero-order valence-corrected chi connectivity index (χ0v) is 21.6. The smallest absolute Gasteiger partial charge is 0.404 e. The van der Waals surface area contributed by atoms with E-state index in [1.54, 1.807) is 0 Å². The number of nitrogens with one attached hydrogen (secondary N) is 1. The van der Waals surface area contributed by atoms with E-state index in [1.165, 1.54) is 96.3 Å². The van der Waals surface area contributed by atoms with E-state index in [1.807, 2.05) is 4.90 Å². The van der Waals surface area contributed by atoms with Crippen LogP contribution in [0.5, 0.6) is 0 Å². The monoisotopic (exact) mass is 467 g/mol. The molecule has 3 amide bonds. The van der Waals surface area contributed by atoms with E-state index >= 15 is 0 Å². The summed E-state index contributed by atoms with van der Waals surface area (Å²) in [7, 11) is 0. The molecule has 1 rings (SSSR count). The third-order valence-corrected chi connectivity index (χ3v) is 6.89. The van der Waals surface area contributed by atoms with Gasteiger partial charge in [0.05, 0.1) is 6.61 Å². The number of nitrogens with two attached hydrogens (primary N) is 1. The first-order valence-electron chi connectivity index (χ1n) is 14.1. The second-order valence-corrected chi connectivity index (χ2v) is 9.83. The summed E-state index contributed by atoms with van der Waals surface area (Å²) >= 11 is 0. The van der Waals surface area contributed by atoms with Gasteiger partial charge in [-0.2, -0.15) is 0 Å². The molecule has 1 atom stereocenters. The Balaban J connectivity index is 1.90. The van der Waals surface area contributed by atoms with E-state index in [2.05, 4.69) is 12.2 Å². The molecule has 1 aliphatic heterocycles. The molecular formula is C27H53N3O3. The van der Waals surface area contributed by atoms with Crippen molar-refractivity contribution in [3.8, 4) is 0 Å².